The summed E-state index contributed by atoms with van der Waals surface area (Å²) in [6, 6.07) is 22.0. The molecule has 1 N–H and O–H groups in total. The number of carbonyl (C=O) groups excluding carboxylic acids is 1. The first-order valence-electron chi connectivity index (χ1n) is 8.83. The molecular weight excluding hydrogens is 388 g/mol. The first-order chi connectivity index (χ1) is 13.7. The van der Waals surface area contributed by atoms with E-state index in [4.69, 9.17) is 11.6 Å². The second-order valence-corrected chi connectivity index (χ2v) is 7.92. The highest BCUT2D eigenvalue weighted by Gasteiger charge is 2.06. The van der Waals surface area contributed by atoms with Crippen LogP contribution in [0.5, 0.6) is 0 Å². The monoisotopic (exact) mass is 404 g/mol. The number of amides is 1. The summed E-state index contributed by atoms with van der Waals surface area (Å²) < 4.78 is 0. The number of fused-ring (bicyclic) bond motifs is 1. The summed E-state index contributed by atoms with van der Waals surface area (Å²) >= 11 is 7.39. The van der Waals surface area contributed by atoms with Crippen LogP contribution in [0.4, 0.5) is 5.13 Å². The van der Waals surface area contributed by atoms with E-state index >= 15 is 0 Å². The van der Waals surface area contributed by atoms with Crippen LogP contribution in [0.2, 0.25) is 5.02 Å². The third kappa shape index (κ3) is 4.66. The van der Waals surface area contributed by atoms with Gasteiger partial charge in [-0.2, -0.15) is 0 Å². The van der Waals surface area contributed by atoms with Crippen molar-refractivity contribution in [3.8, 4) is 0 Å². The average Bonchev–Trinajstić information content (AvgIpc) is 3.14. The van der Waals surface area contributed by atoms with E-state index in [1.807, 2.05) is 48.5 Å². The van der Waals surface area contributed by atoms with Crippen molar-refractivity contribution >= 4 is 50.8 Å². The molecule has 0 saturated heterocycles. The van der Waals surface area contributed by atoms with Crippen LogP contribution < -0.4 is 5.32 Å². The SMILES string of the molecule is O=C(/C=C/c1ccc2ccccc2c1)Nc1ncc(Cc2ccc(Cl)cc2)s1. The quantitative estimate of drug-likeness (QED) is 0.403. The summed E-state index contributed by atoms with van der Waals surface area (Å²) in [6.07, 6.45) is 5.90. The van der Waals surface area contributed by atoms with E-state index in [1.54, 1.807) is 6.20 Å². The molecule has 0 fully saturated rings. The molecule has 4 rings (SSSR count). The Kier molecular flexibility index (Phi) is 5.51. The van der Waals surface area contributed by atoms with E-state index in [0.717, 1.165) is 32.8 Å². The zero-order valence-corrected chi connectivity index (χ0v) is 16.5. The minimum atomic E-state index is -0.194. The summed E-state index contributed by atoms with van der Waals surface area (Å²) in [4.78, 5) is 17.6. The molecule has 0 spiro atoms. The summed E-state index contributed by atoms with van der Waals surface area (Å²) in [5.41, 5.74) is 2.14. The fraction of sp³-hybridized carbons (Fsp3) is 0.0435. The fourth-order valence-electron chi connectivity index (χ4n) is 2.88. The number of rotatable bonds is 5. The van der Waals surface area contributed by atoms with E-state index in [9.17, 15) is 4.79 Å². The molecule has 5 heteroatoms. The molecule has 0 aliphatic heterocycles. The molecule has 138 valence electrons. The van der Waals surface area contributed by atoms with Crippen LogP contribution in [0.25, 0.3) is 16.8 Å². The van der Waals surface area contributed by atoms with Gasteiger partial charge < -0.3 is 0 Å². The van der Waals surface area contributed by atoms with Gasteiger partial charge in [0.05, 0.1) is 0 Å². The topological polar surface area (TPSA) is 42.0 Å². The first-order valence-corrected chi connectivity index (χ1v) is 10.0. The second-order valence-electron chi connectivity index (χ2n) is 6.36. The predicted molar refractivity (Wildman–Crippen MR) is 118 cm³/mol. The minimum absolute atomic E-state index is 0.194. The van der Waals surface area contributed by atoms with Gasteiger partial charge in [-0.1, -0.05) is 60.1 Å². The van der Waals surface area contributed by atoms with E-state index in [-0.39, 0.29) is 5.91 Å². The maximum absolute atomic E-state index is 12.2. The lowest BCUT2D eigenvalue weighted by Gasteiger charge is -2.00. The molecule has 3 aromatic carbocycles. The van der Waals surface area contributed by atoms with E-state index in [2.05, 4.69) is 34.6 Å². The number of thiazole rings is 1. The van der Waals surface area contributed by atoms with Crippen molar-refractivity contribution < 1.29 is 4.79 Å². The van der Waals surface area contributed by atoms with Gasteiger partial charge in [0.15, 0.2) is 5.13 Å². The van der Waals surface area contributed by atoms with E-state index in [1.165, 1.54) is 22.8 Å². The van der Waals surface area contributed by atoms with Gasteiger partial charge in [-0.05, 0) is 46.2 Å². The molecule has 4 aromatic rings. The number of hydrogen-bond acceptors (Lipinski definition) is 3. The van der Waals surface area contributed by atoms with Crippen molar-refractivity contribution in [2.24, 2.45) is 0 Å². The Bertz CT molecular complexity index is 1150. The van der Waals surface area contributed by atoms with Gasteiger partial charge in [0.2, 0.25) is 5.91 Å². The van der Waals surface area contributed by atoms with Gasteiger partial charge >= 0.3 is 0 Å². The molecule has 1 amide bonds. The van der Waals surface area contributed by atoms with Crippen LogP contribution in [0.3, 0.4) is 0 Å². The highest BCUT2D eigenvalue weighted by molar-refractivity contribution is 7.15. The van der Waals surface area contributed by atoms with Crippen LogP contribution >= 0.6 is 22.9 Å². The summed E-state index contributed by atoms with van der Waals surface area (Å²) in [5.74, 6) is -0.194. The molecule has 0 unspecified atom stereocenters. The van der Waals surface area contributed by atoms with Gasteiger partial charge in [0.25, 0.3) is 0 Å². The molecule has 0 aliphatic carbocycles. The largest absolute Gasteiger partial charge is 0.298 e. The van der Waals surface area contributed by atoms with Crippen molar-refractivity contribution in [2.45, 2.75) is 6.42 Å². The molecule has 1 heterocycles. The molecule has 0 saturated carbocycles. The molecule has 1 aromatic heterocycles. The lowest BCUT2D eigenvalue weighted by atomic mass is 10.1. The standard InChI is InChI=1S/C23H17ClN2OS/c24-20-10-6-17(7-11-20)14-21-15-25-23(28-21)26-22(27)12-8-16-5-9-18-3-1-2-4-19(18)13-16/h1-13,15H,14H2,(H,25,26,27)/b12-8+. The zero-order chi connectivity index (χ0) is 19.3. The van der Waals surface area contributed by atoms with E-state index < -0.39 is 0 Å². The van der Waals surface area contributed by atoms with Crippen LogP contribution in [0, 0.1) is 0 Å². The molecule has 0 aliphatic rings. The number of nitrogens with one attached hydrogen (secondary N) is 1. The Morgan fingerprint density at radius 3 is 2.64 bits per heavy atom. The van der Waals surface area contributed by atoms with Gasteiger partial charge in [0, 0.05) is 28.6 Å². The smallest absolute Gasteiger partial charge is 0.250 e. The maximum atomic E-state index is 12.2. The second kappa shape index (κ2) is 8.38. The Morgan fingerprint density at radius 1 is 1.04 bits per heavy atom. The van der Waals surface area contributed by atoms with Crippen LogP contribution in [0.1, 0.15) is 16.0 Å². The highest BCUT2D eigenvalue weighted by atomic mass is 35.5. The van der Waals surface area contributed by atoms with Gasteiger partial charge in [-0.3, -0.25) is 10.1 Å². The third-order valence-corrected chi connectivity index (χ3v) is 5.44. The molecule has 0 bridgehead atoms. The van der Waals surface area contributed by atoms with Crippen molar-refractivity contribution in [1.82, 2.24) is 4.98 Å². The molecule has 28 heavy (non-hydrogen) atoms. The summed E-state index contributed by atoms with van der Waals surface area (Å²) in [5, 5.41) is 6.47. The number of aromatic nitrogens is 1. The number of benzene rings is 3. The number of hydrogen-bond donors (Lipinski definition) is 1. The zero-order valence-electron chi connectivity index (χ0n) is 14.9. The van der Waals surface area contributed by atoms with Crippen LogP contribution in [-0.4, -0.2) is 10.9 Å². The van der Waals surface area contributed by atoms with Crippen molar-refractivity contribution in [2.75, 3.05) is 5.32 Å². The number of halogens is 1. The number of carbonyl (C=O) groups is 1. The molecular formula is C23H17ClN2OS. The predicted octanol–water partition coefficient (Wildman–Crippen LogP) is 6.19. The summed E-state index contributed by atoms with van der Waals surface area (Å²) in [6.45, 7) is 0. The van der Waals surface area contributed by atoms with Gasteiger partial charge in [0.1, 0.15) is 0 Å². The Hall–Kier alpha value is -2.95. The average molecular weight is 405 g/mol. The van der Waals surface area contributed by atoms with E-state index in [0.29, 0.717) is 5.13 Å². The lowest BCUT2D eigenvalue weighted by Crippen LogP contribution is -2.07. The third-order valence-electron chi connectivity index (χ3n) is 4.28. The summed E-state index contributed by atoms with van der Waals surface area (Å²) in [7, 11) is 0. The molecule has 3 nitrogen and oxygen atoms in total. The van der Waals surface area contributed by atoms with Crippen molar-refractivity contribution in [1.29, 1.82) is 0 Å². The number of nitrogens with zero attached hydrogens (tertiary/aromatic N) is 1. The molecule has 0 radical (unpaired) electrons. The Morgan fingerprint density at radius 2 is 1.82 bits per heavy atom. The Balaban J connectivity index is 1.38. The Labute approximate surface area is 172 Å². The van der Waals surface area contributed by atoms with Crippen molar-refractivity contribution in [3.63, 3.8) is 0 Å². The maximum Gasteiger partial charge on any atom is 0.250 e. The van der Waals surface area contributed by atoms with Gasteiger partial charge in [-0.25, -0.2) is 4.98 Å². The normalized spacial score (nSPS) is 11.2. The van der Waals surface area contributed by atoms with Crippen molar-refractivity contribution in [3.05, 3.63) is 100 Å². The highest BCUT2D eigenvalue weighted by Crippen LogP contribution is 2.22. The molecule has 0 atom stereocenters. The lowest BCUT2D eigenvalue weighted by molar-refractivity contribution is -0.111. The van der Waals surface area contributed by atoms with Gasteiger partial charge in [-0.15, -0.1) is 11.3 Å². The minimum Gasteiger partial charge on any atom is -0.298 e. The fourth-order valence-corrected chi connectivity index (χ4v) is 3.86. The van der Waals surface area contributed by atoms with Crippen LogP contribution in [0.15, 0.2) is 79.0 Å². The van der Waals surface area contributed by atoms with Crippen LogP contribution in [-0.2, 0) is 11.2 Å². The first kappa shape index (κ1) is 18.4. The number of anilines is 1.